The van der Waals surface area contributed by atoms with Crippen molar-refractivity contribution in [3.63, 3.8) is 0 Å². The van der Waals surface area contributed by atoms with E-state index in [4.69, 9.17) is 15.2 Å². The van der Waals surface area contributed by atoms with E-state index >= 15 is 4.39 Å². The van der Waals surface area contributed by atoms with E-state index in [1.807, 2.05) is 4.90 Å². The first-order valence-corrected chi connectivity index (χ1v) is 14.6. The molecule has 6 heterocycles. The number of nitrogens with zero attached hydrogens (tertiary/aromatic N) is 5. The Morgan fingerprint density at radius 3 is 2.75 bits per heavy atom. The molecule has 4 aliphatic rings. The Morgan fingerprint density at radius 2 is 1.98 bits per heavy atom. The van der Waals surface area contributed by atoms with Crippen LogP contribution in [0.3, 0.4) is 0 Å². The van der Waals surface area contributed by atoms with Crippen molar-refractivity contribution in [2.75, 3.05) is 50.0 Å². The van der Waals surface area contributed by atoms with E-state index in [0.717, 1.165) is 32.4 Å². The van der Waals surface area contributed by atoms with E-state index in [0.29, 0.717) is 26.2 Å². The van der Waals surface area contributed by atoms with Crippen molar-refractivity contribution < 1.29 is 35.8 Å². The number of alkyl halides is 4. The molecule has 236 valence electrons. The van der Waals surface area contributed by atoms with Gasteiger partial charge in [0.1, 0.15) is 47.1 Å². The number of halogens is 6. The monoisotopic (exact) mass is 623 g/mol. The second kappa shape index (κ2) is 10.2. The van der Waals surface area contributed by atoms with Crippen LogP contribution in [0.1, 0.15) is 37.3 Å². The predicted octanol–water partition coefficient (Wildman–Crippen LogP) is 4.39. The molecule has 0 radical (unpaired) electrons. The van der Waals surface area contributed by atoms with Gasteiger partial charge >= 0.3 is 12.2 Å². The van der Waals surface area contributed by atoms with Gasteiger partial charge in [0.05, 0.1) is 22.8 Å². The smallest absolute Gasteiger partial charge is 0.417 e. The molecule has 3 N–H and O–H groups in total. The first-order valence-electron chi connectivity index (χ1n) is 14.6. The van der Waals surface area contributed by atoms with Crippen LogP contribution in [-0.4, -0.2) is 83.0 Å². The molecular formula is C29H31F6N7O2. The van der Waals surface area contributed by atoms with Crippen molar-refractivity contribution in [3.8, 4) is 23.1 Å². The maximum Gasteiger partial charge on any atom is 0.417 e. The highest BCUT2D eigenvalue weighted by atomic mass is 19.4. The fraction of sp³-hybridized carbons (Fsp3) is 0.552. The number of piperazine rings is 1. The first-order chi connectivity index (χ1) is 20.9. The third-order valence-electron chi connectivity index (χ3n) is 9.40. The second-order valence-corrected chi connectivity index (χ2v) is 12.1. The lowest BCUT2D eigenvalue weighted by Gasteiger charge is -2.38. The molecule has 0 unspecified atom stereocenters. The summed E-state index contributed by atoms with van der Waals surface area (Å²) in [7, 11) is 0. The summed E-state index contributed by atoms with van der Waals surface area (Å²) in [6, 6.07) is 0.245. The number of fused-ring (bicyclic) bond motifs is 3. The third-order valence-corrected chi connectivity index (χ3v) is 9.40. The van der Waals surface area contributed by atoms with E-state index in [1.165, 1.54) is 0 Å². The van der Waals surface area contributed by atoms with Crippen molar-refractivity contribution in [1.29, 1.82) is 0 Å². The maximum atomic E-state index is 16.6. The highest BCUT2D eigenvalue weighted by Gasteiger charge is 2.49. The predicted molar refractivity (Wildman–Crippen MR) is 149 cm³/mol. The summed E-state index contributed by atoms with van der Waals surface area (Å²) in [6.07, 6.45) is -4.70. The van der Waals surface area contributed by atoms with Gasteiger partial charge in [0.2, 0.25) is 5.88 Å². The van der Waals surface area contributed by atoms with Gasteiger partial charge in [-0.3, -0.25) is 4.90 Å². The highest BCUT2D eigenvalue weighted by molar-refractivity contribution is 5.97. The summed E-state index contributed by atoms with van der Waals surface area (Å²) < 4.78 is 101. The van der Waals surface area contributed by atoms with Gasteiger partial charge in [0.15, 0.2) is 5.82 Å². The van der Waals surface area contributed by atoms with Crippen LogP contribution in [0.4, 0.5) is 37.8 Å². The van der Waals surface area contributed by atoms with Gasteiger partial charge in [-0.05, 0) is 44.9 Å². The maximum absolute atomic E-state index is 16.6. The molecule has 9 nitrogen and oxygen atoms in total. The Balaban J connectivity index is 1.43. The van der Waals surface area contributed by atoms with Crippen molar-refractivity contribution in [1.82, 2.24) is 25.2 Å². The molecule has 7 rings (SSSR count). The van der Waals surface area contributed by atoms with Crippen molar-refractivity contribution in [3.05, 3.63) is 28.8 Å². The molecule has 0 spiro atoms. The molecular weight excluding hydrogens is 592 g/mol. The van der Waals surface area contributed by atoms with Crippen LogP contribution in [0, 0.1) is 18.6 Å². The number of benzene rings is 1. The molecule has 0 amide bonds. The number of nitrogens with one attached hydrogen (secondary N) is 1. The number of aromatic nitrogens is 3. The number of nitrogens with two attached hydrogens (primary N) is 1. The fourth-order valence-corrected chi connectivity index (χ4v) is 7.32. The molecule has 1 aromatic carbocycles. The number of anilines is 2. The largest absolute Gasteiger partial charge is 0.472 e. The van der Waals surface area contributed by atoms with E-state index in [9.17, 15) is 22.0 Å². The van der Waals surface area contributed by atoms with Crippen molar-refractivity contribution in [2.24, 2.45) is 0 Å². The second-order valence-electron chi connectivity index (χ2n) is 12.1. The van der Waals surface area contributed by atoms with E-state index in [-0.39, 0.29) is 47.7 Å². The summed E-state index contributed by atoms with van der Waals surface area (Å²) in [5.41, 5.74) is 0.557. The Kier molecular flexibility index (Phi) is 6.77. The van der Waals surface area contributed by atoms with E-state index in [2.05, 4.69) is 25.2 Å². The van der Waals surface area contributed by atoms with Crippen LogP contribution in [0.15, 0.2) is 6.07 Å². The van der Waals surface area contributed by atoms with Gasteiger partial charge in [-0.25, -0.2) is 18.2 Å². The van der Waals surface area contributed by atoms with Gasteiger partial charge in [-0.15, -0.1) is 0 Å². The van der Waals surface area contributed by atoms with Gasteiger partial charge in [-0.1, -0.05) is 0 Å². The molecule has 3 fully saturated rings. The summed E-state index contributed by atoms with van der Waals surface area (Å²) in [4.78, 5) is 17.2. The zero-order chi connectivity index (χ0) is 31.1. The van der Waals surface area contributed by atoms with Gasteiger partial charge in [0.25, 0.3) is 0 Å². The Hall–Kier alpha value is -3.59. The summed E-state index contributed by atoms with van der Waals surface area (Å²) in [5.74, 6) is -2.33. The average molecular weight is 624 g/mol. The van der Waals surface area contributed by atoms with Gasteiger partial charge in [-0.2, -0.15) is 23.1 Å². The Morgan fingerprint density at radius 1 is 1.18 bits per heavy atom. The van der Waals surface area contributed by atoms with Crippen molar-refractivity contribution >= 4 is 22.4 Å². The van der Waals surface area contributed by atoms with Gasteiger partial charge in [0, 0.05) is 38.2 Å². The quantitative estimate of drug-likeness (QED) is 0.324. The Labute approximate surface area is 248 Å². The first kappa shape index (κ1) is 29.1. The number of pyridine rings is 1. The lowest BCUT2D eigenvalue weighted by Crippen LogP contribution is -2.56. The molecule has 15 heteroatoms. The normalized spacial score (nSPS) is 26.8. The van der Waals surface area contributed by atoms with Crippen LogP contribution in [-0.2, 0) is 6.18 Å². The molecule has 3 saturated heterocycles. The van der Waals surface area contributed by atoms with Crippen LogP contribution >= 0.6 is 0 Å². The highest BCUT2D eigenvalue weighted by Crippen LogP contribution is 2.46. The molecule has 3 aromatic rings. The topological polar surface area (TPSA) is 102 Å². The summed E-state index contributed by atoms with van der Waals surface area (Å²) in [5, 5.41) is 3.37. The minimum atomic E-state index is -5.06. The zero-order valence-corrected chi connectivity index (χ0v) is 24.1. The molecule has 2 aromatic heterocycles. The summed E-state index contributed by atoms with van der Waals surface area (Å²) >= 11 is 0. The van der Waals surface area contributed by atoms with E-state index < -0.39 is 63.7 Å². The zero-order valence-electron chi connectivity index (χ0n) is 24.1. The van der Waals surface area contributed by atoms with Crippen LogP contribution < -0.4 is 25.4 Å². The van der Waals surface area contributed by atoms with Crippen LogP contribution in [0.5, 0.6) is 11.9 Å². The molecule has 0 saturated carbocycles. The number of ether oxygens (including phenoxy) is 2. The standard InChI is InChI=1S/C29H31F6N7O2/c1-13-20(29(33,34)35)16(8-17(36)21(13)31)23-22(32)24-19-25(42-7-5-37-10-18(42)14(2)44-26(19)38-23)40-27(39-24)43-12-28-4-3-6-41(28)11-15(30)9-28/h8,14-15,18,37H,3-7,9-12,36H2,1-2H3/t14-,15+,18+,28-/m0/s1. The van der Waals surface area contributed by atoms with Crippen molar-refractivity contribution in [2.45, 2.75) is 63.1 Å². The molecule has 0 bridgehead atoms. The lowest BCUT2D eigenvalue weighted by atomic mass is 9.95. The van der Waals surface area contributed by atoms with Crippen LogP contribution in [0.2, 0.25) is 0 Å². The molecule has 44 heavy (non-hydrogen) atoms. The SMILES string of the molecule is Cc1c(F)c(N)cc(-c2nc3c4c(nc(OC[C@@]56CCCN5C[C@H](F)C6)nc4c2F)N2CCNC[C@@H]2[C@H](C)O3)c1C(F)(F)F. The minimum absolute atomic E-state index is 0.0641. The minimum Gasteiger partial charge on any atom is -0.472 e. The molecule has 4 atom stereocenters. The number of hydrogen-bond donors (Lipinski definition) is 2. The number of nitrogen functional groups attached to an aromatic ring is 1. The number of rotatable bonds is 4. The average Bonchev–Trinajstić information content (AvgIpc) is 3.46. The third kappa shape index (κ3) is 4.49. The fourth-order valence-electron chi connectivity index (χ4n) is 7.32. The molecule has 4 aliphatic heterocycles. The van der Waals surface area contributed by atoms with E-state index in [1.54, 1.807) is 6.92 Å². The molecule has 0 aliphatic carbocycles. The number of hydrogen-bond acceptors (Lipinski definition) is 9. The lowest BCUT2D eigenvalue weighted by molar-refractivity contribution is -0.137. The van der Waals surface area contributed by atoms with Crippen LogP contribution in [0.25, 0.3) is 22.2 Å². The Bertz CT molecular complexity index is 1660. The van der Waals surface area contributed by atoms with Gasteiger partial charge < -0.3 is 25.4 Å². The summed E-state index contributed by atoms with van der Waals surface area (Å²) in [6.45, 7) is 5.37.